The van der Waals surface area contributed by atoms with Crippen molar-refractivity contribution in [2.24, 2.45) is 5.92 Å². The van der Waals surface area contributed by atoms with Crippen LogP contribution in [0.1, 0.15) is 43.4 Å². The second-order valence-electron chi connectivity index (χ2n) is 9.82. The monoisotopic (exact) mass is 483 g/mol. The number of benzene rings is 2. The third-order valence-electron chi connectivity index (χ3n) is 6.95. The number of anilines is 2. The third-order valence-corrected chi connectivity index (χ3v) is 6.95. The molecule has 2 aromatic carbocycles. The number of hydrogen-bond acceptors (Lipinski definition) is 5. The van der Waals surface area contributed by atoms with Gasteiger partial charge in [0.25, 0.3) is 0 Å². The van der Waals surface area contributed by atoms with Gasteiger partial charge < -0.3 is 14.5 Å². The lowest BCUT2D eigenvalue weighted by atomic mass is 9.88. The van der Waals surface area contributed by atoms with Gasteiger partial charge in [-0.1, -0.05) is 49.6 Å². The van der Waals surface area contributed by atoms with Crippen molar-refractivity contribution in [1.29, 1.82) is 0 Å². The van der Waals surface area contributed by atoms with Crippen molar-refractivity contribution in [3.63, 3.8) is 0 Å². The van der Waals surface area contributed by atoms with E-state index in [1.54, 1.807) is 0 Å². The molecule has 3 aromatic rings. The Kier molecular flexibility index (Phi) is 8.77. The molecule has 36 heavy (non-hydrogen) atoms. The highest BCUT2D eigenvalue weighted by Gasteiger charge is 2.19. The minimum Gasteiger partial charge on any atom is -0.466 e. The summed E-state index contributed by atoms with van der Waals surface area (Å²) in [4.78, 5) is 20.9. The average Bonchev–Trinajstić information content (AvgIpc) is 2.92. The molecule has 4 rings (SSSR count). The normalized spacial score (nSPS) is 14.1. The maximum Gasteiger partial charge on any atom is 0.330 e. The molecule has 0 N–H and O–H groups in total. The first-order valence-electron chi connectivity index (χ1n) is 12.9. The fourth-order valence-electron chi connectivity index (χ4n) is 4.84. The van der Waals surface area contributed by atoms with Gasteiger partial charge in [0, 0.05) is 49.9 Å². The third kappa shape index (κ3) is 6.97. The van der Waals surface area contributed by atoms with E-state index in [0.29, 0.717) is 5.92 Å². The Morgan fingerprint density at radius 3 is 2.39 bits per heavy atom. The molecule has 0 saturated heterocycles. The molecule has 0 amide bonds. The summed E-state index contributed by atoms with van der Waals surface area (Å²) in [7, 11) is 5.50. The molecule has 1 aliphatic carbocycles. The second kappa shape index (κ2) is 12.4. The maximum atomic E-state index is 11.6. The summed E-state index contributed by atoms with van der Waals surface area (Å²) >= 11 is 0. The standard InChI is InChI=1S/C31H37N3O2/c1-33(2)29-17-14-26(15-18-29)27-13-16-28(32-21-27)23-34(22-25-8-5-4-6-9-25)30-11-7-10-24(20-30)12-19-31(35)36-3/h7,10-21,25H,4-6,8-9,22-23H2,1-3H3. The molecule has 0 aliphatic heterocycles. The quantitative estimate of drug-likeness (QED) is 0.254. The lowest BCUT2D eigenvalue weighted by Gasteiger charge is -2.31. The fourth-order valence-corrected chi connectivity index (χ4v) is 4.84. The van der Waals surface area contributed by atoms with Crippen molar-refractivity contribution >= 4 is 23.4 Å². The van der Waals surface area contributed by atoms with Gasteiger partial charge in [0.1, 0.15) is 0 Å². The van der Waals surface area contributed by atoms with Gasteiger partial charge in [-0.2, -0.15) is 0 Å². The van der Waals surface area contributed by atoms with E-state index in [1.807, 2.05) is 24.4 Å². The average molecular weight is 484 g/mol. The van der Waals surface area contributed by atoms with Crippen LogP contribution in [0.3, 0.4) is 0 Å². The highest BCUT2D eigenvalue weighted by molar-refractivity contribution is 5.87. The molecule has 5 heteroatoms. The SMILES string of the molecule is COC(=O)C=Cc1cccc(N(Cc2ccc(-c3ccc(N(C)C)cc3)cn2)CC2CCCCC2)c1. The minimum atomic E-state index is -0.347. The van der Waals surface area contributed by atoms with Crippen LogP contribution in [0.15, 0.2) is 72.9 Å². The highest BCUT2D eigenvalue weighted by atomic mass is 16.5. The Hall–Kier alpha value is -3.60. The van der Waals surface area contributed by atoms with Crippen LogP contribution in [-0.2, 0) is 16.1 Å². The molecule has 1 saturated carbocycles. The number of pyridine rings is 1. The van der Waals surface area contributed by atoms with Crippen molar-refractivity contribution in [3.05, 3.63) is 84.2 Å². The van der Waals surface area contributed by atoms with E-state index in [4.69, 9.17) is 9.72 Å². The Balaban J connectivity index is 1.53. The molecule has 1 aliphatic rings. The number of methoxy groups -OCH3 is 1. The Morgan fingerprint density at radius 1 is 0.972 bits per heavy atom. The van der Waals surface area contributed by atoms with Crippen LogP contribution in [0.2, 0.25) is 0 Å². The molecular weight excluding hydrogens is 446 g/mol. The lowest BCUT2D eigenvalue weighted by Crippen LogP contribution is -2.30. The first-order chi connectivity index (χ1) is 17.5. The molecule has 5 nitrogen and oxygen atoms in total. The Morgan fingerprint density at radius 2 is 1.72 bits per heavy atom. The van der Waals surface area contributed by atoms with Crippen molar-refractivity contribution < 1.29 is 9.53 Å². The van der Waals surface area contributed by atoms with Crippen LogP contribution >= 0.6 is 0 Å². The molecule has 0 atom stereocenters. The number of carbonyl (C=O) groups is 1. The summed E-state index contributed by atoms with van der Waals surface area (Å²) in [5, 5.41) is 0. The van der Waals surface area contributed by atoms with Gasteiger partial charge >= 0.3 is 5.97 Å². The molecule has 1 fully saturated rings. The van der Waals surface area contributed by atoms with E-state index < -0.39 is 0 Å². The molecule has 1 aromatic heterocycles. The number of rotatable bonds is 9. The molecular formula is C31H37N3O2. The number of hydrogen-bond donors (Lipinski definition) is 0. The van der Waals surface area contributed by atoms with Crippen molar-refractivity contribution in [3.8, 4) is 11.1 Å². The molecule has 0 radical (unpaired) electrons. The first kappa shape index (κ1) is 25.5. The molecule has 0 spiro atoms. The molecule has 0 unspecified atom stereocenters. The number of esters is 1. The van der Waals surface area contributed by atoms with E-state index in [0.717, 1.165) is 35.6 Å². The summed E-state index contributed by atoms with van der Waals surface area (Å²) in [5.41, 5.74) is 6.66. The maximum absolute atomic E-state index is 11.6. The van der Waals surface area contributed by atoms with Gasteiger partial charge in [-0.25, -0.2) is 4.79 Å². The van der Waals surface area contributed by atoms with Gasteiger partial charge in [-0.3, -0.25) is 4.98 Å². The van der Waals surface area contributed by atoms with Gasteiger partial charge in [0.2, 0.25) is 0 Å². The van der Waals surface area contributed by atoms with E-state index >= 15 is 0 Å². The molecule has 0 bridgehead atoms. The van der Waals surface area contributed by atoms with Gasteiger partial charge in [0.15, 0.2) is 0 Å². The van der Waals surface area contributed by atoms with Crippen LogP contribution in [0.4, 0.5) is 11.4 Å². The zero-order valence-electron chi connectivity index (χ0n) is 21.7. The van der Waals surface area contributed by atoms with E-state index in [-0.39, 0.29) is 5.97 Å². The molecule has 1 heterocycles. The van der Waals surface area contributed by atoms with E-state index in [9.17, 15) is 4.79 Å². The zero-order valence-corrected chi connectivity index (χ0v) is 21.7. The van der Waals surface area contributed by atoms with Gasteiger partial charge in [-0.15, -0.1) is 0 Å². The van der Waals surface area contributed by atoms with E-state index in [1.165, 1.54) is 56.5 Å². The first-order valence-corrected chi connectivity index (χ1v) is 12.9. The largest absolute Gasteiger partial charge is 0.466 e. The lowest BCUT2D eigenvalue weighted by molar-refractivity contribution is -0.134. The summed E-state index contributed by atoms with van der Waals surface area (Å²) in [5.74, 6) is 0.350. The van der Waals surface area contributed by atoms with Crippen LogP contribution in [0.5, 0.6) is 0 Å². The summed E-state index contributed by atoms with van der Waals surface area (Å²) < 4.78 is 4.74. The number of aromatic nitrogens is 1. The van der Waals surface area contributed by atoms with Crippen molar-refractivity contribution in [2.75, 3.05) is 37.5 Å². The number of carbonyl (C=O) groups excluding carboxylic acids is 1. The van der Waals surface area contributed by atoms with Crippen LogP contribution in [-0.4, -0.2) is 38.7 Å². The van der Waals surface area contributed by atoms with Crippen molar-refractivity contribution in [2.45, 2.75) is 38.6 Å². The minimum absolute atomic E-state index is 0.347. The van der Waals surface area contributed by atoms with Gasteiger partial charge in [0.05, 0.1) is 19.3 Å². The topological polar surface area (TPSA) is 45.7 Å². The predicted molar refractivity (Wildman–Crippen MR) is 149 cm³/mol. The van der Waals surface area contributed by atoms with Crippen molar-refractivity contribution in [1.82, 2.24) is 4.98 Å². The smallest absolute Gasteiger partial charge is 0.330 e. The van der Waals surface area contributed by atoms with Crippen LogP contribution in [0.25, 0.3) is 17.2 Å². The predicted octanol–water partition coefficient (Wildman–Crippen LogP) is 6.59. The molecule has 188 valence electrons. The highest BCUT2D eigenvalue weighted by Crippen LogP contribution is 2.28. The number of ether oxygens (including phenoxy) is 1. The summed E-state index contributed by atoms with van der Waals surface area (Å²) in [6, 6.07) is 21.2. The summed E-state index contributed by atoms with van der Waals surface area (Å²) in [6.07, 6.45) is 11.8. The van der Waals surface area contributed by atoms with Crippen LogP contribution in [0, 0.1) is 5.92 Å². The summed E-state index contributed by atoms with van der Waals surface area (Å²) in [6.45, 7) is 1.76. The zero-order chi connectivity index (χ0) is 25.3. The van der Waals surface area contributed by atoms with Gasteiger partial charge in [-0.05, 0) is 66.3 Å². The van der Waals surface area contributed by atoms with Crippen LogP contribution < -0.4 is 9.80 Å². The number of nitrogens with zero attached hydrogens (tertiary/aromatic N) is 3. The fraction of sp³-hybridized carbons (Fsp3) is 0.355. The Labute approximate surface area is 215 Å². The Bertz CT molecular complexity index is 1150. The van der Waals surface area contributed by atoms with E-state index in [2.05, 4.69) is 72.4 Å². The second-order valence-corrected chi connectivity index (χ2v) is 9.82.